The van der Waals surface area contributed by atoms with Crippen molar-refractivity contribution in [3.8, 4) is 0 Å². The number of rotatable bonds is 5. The predicted molar refractivity (Wildman–Crippen MR) is 147 cm³/mol. The summed E-state index contributed by atoms with van der Waals surface area (Å²) in [6, 6.07) is 2.80. The molecule has 1 N–H and O–H groups in total. The molecule has 4 amide bonds. The van der Waals surface area contributed by atoms with Crippen molar-refractivity contribution in [2.45, 2.75) is 69.1 Å². The number of Topliss-reactive ketones (excluding diaryl/α,β-unsaturated/α-hetero) is 1. The second-order valence-corrected chi connectivity index (χ2v) is 11.9. The summed E-state index contributed by atoms with van der Waals surface area (Å²) in [5.41, 5.74) is -0.464. The van der Waals surface area contributed by atoms with Crippen molar-refractivity contribution in [3.05, 3.63) is 35.1 Å². The first kappa shape index (κ1) is 28.8. The third-order valence-corrected chi connectivity index (χ3v) is 9.34. The zero-order chi connectivity index (χ0) is 29.7. The summed E-state index contributed by atoms with van der Waals surface area (Å²) in [7, 11) is 4.52. The van der Waals surface area contributed by atoms with Crippen LogP contribution in [0.2, 0.25) is 0 Å². The van der Waals surface area contributed by atoms with E-state index < -0.39 is 41.0 Å². The highest BCUT2D eigenvalue weighted by molar-refractivity contribution is 6.46. The van der Waals surface area contributed by atoms with Crippen LogP contribution in [0, 0.1) is 12.7 Å². The number of carbonyl (C=O) groups is 5. The normalized spacial score (nSPS) is 27.7. The minimum absolute atomic E-state index is 0.0193. The number of nitrogens with one attached hydrogen (secondary N) is 1. The van der Waals surface area contributed by atoms with Crippen molar-refractivity contribution in [1.82, 2.24) is 24.9 Å². The summed E-state index contributed by atoms with van der Waals surface area (Å²) >= 11 is 0. The fraction of sp³-hybridized carbons (Fsp3) is 0.586. The fourth-order valence-electron chi connectivity index (χ4n) is 6.82. The zero-order valence-corrected chi connectivity index (χ0v) is 24.0. The Hall–Kier alpha value is -3.67. The van der Waals surface area contributed by atoms with Crippen LogP contribution in [0.1, 0.15) is 49.7 Å². The Bertz CT molecular complexity index is 1330. The number of amides is 4. The molecule has 11 nitrogen and oxygen atoms in total. The second kappa shape index (κ2) is 10.6. The minimum atomic E-state index is -1.62. The van der Waals surface area contributed by atoms with E-state index in [1.807, 2.05) is 0 Å². The van der Waals surface area contributed by atoms with Crippen molar-refractivity contribution in [2.24, 2.45) is 4.99 Å². The number of likely N-dealkylation sites (tertiary alicyclic amines) is 1. The van der Waals surface area contributed by atoms with Crippen LogP contribution in [-0.4, -0.2) is 113 Å². The van der Waals surface area contributed by atoms with Crippen LogP contribution in [-0.2, 0) is 30.5 Å². The number of fused-ring (bicyclic) bond motifs is 2. The average molecular weight is 569 g/mol. The highest BCUT2D eigenvalue weighted by atomic mass is 19.1. The molecule has 12 heteroatoms. The van der Waals surface area contributed by atoms with E-state index in [-0.39, 0.29) is 30.3 Å². The Morgan fingerprint density at radius 1 is 1.05 bits per heavy atom. The molecule has 0 spiro atoms. The van der Waals surface area contributed by atoms with E-state index in [4.69, 9.17) is 0 Å². The molecule has 3 saturated heterocycles. The van der Waals surface area contributed by atoms with Gasteiger partial charge in [-0.25, -0.2) is 9.38 Å². The maximum Gasteiger partial charge on any atom is 0.312 e. The molecule has 6 rings (SSSR count). The first-order valence-corrected chi connectivity index (χ1v) is 14.1. The average Bonchev–Trinajstić information content (AvgIpc) is 3.42. The molecule has 2 bridgehead atoms. The number of aryl methyl sites for hydroxylation is 1. The van der Waals surface area contributed by atoms with Gasteiger partial charge in [0.1, 0.15) is 17.2 Å². The van der Waals surface area contributed by atoms with Gasteiger partial charge in [-0.3, -0.25) is 33.8 Å². The van der Waals surface area contributed by atoms with Crippen LogP contribution >= 0.6 is 0 Å². The molecule has 1 aliphatic carbocycles. The van der Waals surface area contributed by atoms with Crippen LogP contribution in [0.15, 0.2) is 23.2 Å². The molecule has 4 heterocycles. The smallest absolute Gasteiger partial charge is 0.312 e. The lowest BCUT2D eigenvalue weighted by molar-refractivity contribution is -0.152. The highest BCUT2D eigenvalue weighted by Crippen LogP contribution is 2.48. The molecule has 1 unspecified atom stereocenters. The number of ketones is 1. The van der Waals surface area contributed by atoms with Crippen molar-refractivity contribution >= 4 is 35.2 Å². The molecular formula is C29H37FN6O5. The van der Waals surface area contributed by atoms with E-state index in [1.165, 1.54) is 48.0 Å². The van der Waals surface area contributed by atoms with Gasteiger partial charge < -0.3 is 15.1 Å². The first-order chi connectivity index (χ1) is 19.4. The Morgan fingerprint density at radius 3 is 2.32 bits per heavy atom. The number of nitrogens with zero attached hydrogens (tertiary/aromatic N) is 5. The standard InChI is InChI=1S/C29H37FN6O5/c1-18-15-19(7-8-20(18)30)16-31-23(38)21-22(37)24(39)36-17-28(35-13-5-6-14-35)9-11-29(12-10-28,27(36)32-21)34(4)26(41)25(40)33(2)3/h7-8,15,21H,5-6,9-14,16-17H2,1-4H3,(H,31,38). The number of carbonyl (C=O) groups excluding carboxylic acids is 5. The summed E-state index contributed by atoms with van der Waals surface area (Å²) in [6.07, 6.45) is 4.27. The maximum atomic E-state index is 13.7. The number of halogens is 1. The Morgan fingerprint density at radius 2 is 1.71 bits per heavy atom. The monoisotopic (exact) mass is 568 g/mol. The molecule has 0 radical (unpaired) electrons. The molecule has 1 saturated carbocycles. The van der Waals surface area contributed by atoms with Gasteiger partial charge >= 0.3 is 11.8 Å². The van der Waals surface area contributed by atoms with E-state index >= 15 is 0 Å². The maximum absolute atomic E-state index is 13.7. The number of likely N-dealkylation sites (N-methyl/N-ethyl adjacent to an activating group) is 2. The van der Waals surface area contributed by atoms with E-state index in [9.17, 15) is 28.4 Å². The van der Waals surface area contributed by atoms with Gasteiger partial charge in [0, 0.05) is 39.8 Å². The van der Waals surface area contributed by atoms with Crippen LogP contribution < -0.4 is 5.32 Å². The number of amidine groups is 1. The molecule has 0 aromatic heterocycles. The highest BCUT2D eigenvalue weighted by Gasteiger charge is 2.61. The van der Waals surface area contributed by atoms with Gasteiger partial charge in [0.05, 0.1) is 0 Å². The summed E-state index contributed by atoms with van der Waals surface area (Å²) in [6.45, 7) is 3.64. The Balaban J connectivity index is 1.52. The number of benzene rings is 1. The first-order valence-electron chi connectivity index (χ1n) is 14.1. The summed E-state index contributed by atoms with van der Waals surface area (Å²) in [4.78, 5) is 77.4. The summed E-state index contributed by atoms with van der Waals surface area (Å²) in [5.74, 6) is -4.15. The van der Waals surface area contributed by atoms with Crippen LogP contribution in [0.3, 0.4) is 0 Å². The number of hydrogen-bond donors (Lipinski definition) is 1. The Labute approximate surface area is 238 Å². The topological polar surface area (TPSA) is 123 Å². The molecule has 220 valence electrons. The molecular weight excluding hydrogens is 531 g/mol. The summed E-state index contributed by atoms with van der Waals surface area (Å²) < 4.78 is 13.7. The van der Waals surface area contributed by atoms with Crippen LogP contribution in [0.4, 0.5) is 4.39 Å². The minimum Gasteiger partial charge on any atom is -0.350 e. The van der Waals surface area contributed by atoms with Crippen molar-refractivity contribution in [3.63, 3.8) is 0 Å². The predicted octanol–water partition coefficient (Wildman–Crippen LogP) is 0.636. The summed E-state index contributed by atoms with van der Waals surface area (Å²) in [5, 5.41) is 2.66. The SMILES string of the molecule is Cc1cc(CNC(=O)C2N=C3N(CC4(N5CCCC5)CCC3(N(C)C(=O)C(=O)N(C)C)CC4)C(=O)C2=O)ccc1F. The van der Waals surface area contributed by atoms with Gasteiger partial charge in [-0.05, 0) is 75.7 Å². The molecule has 41 heavy (non-hydrogen) atoms. The molecule has 4 aliphatic heterocycles. The van der Waals surface area contributed by atoms with E-state index in [0.717, 1.165) is 25.9 Å². The molecule has 1 aromatic rings. The lowest BCUT2D eigenvalue weighted by atomic mass is 9.71. The van der Waals surface area contributed by atoms with Crippen LogP contribution in [0.5, 0.6) is 0 Å². The lowest BCUT2D eigenvalue weighted by Crippen LogP contribution is -2.65. The Kier molecular flexibility index (Phi) is 7.47. The van der Waals surface area contributed by atoms with Gasteiger partial charge in [0.25, 0.3) is 17.6 Å². The largest absolute Gasteiger partial charge is 0.350 e. The van der Waals surface area contributed by atoms with Crippen molar-refractivity contribution < 1.29 is 28.4 Å². The van der Waals surface area contributed by atoms with Gasteiger partial charge in [-0.15, -0.1) is 0 Å². The number of hydrogen-bond acceptors (Lipinski definition) is 7. The number of aliphatic imine (C=N–C) groups is 1. The van der Waals surface area contributed by atoms with Crippen molar-refractivity contribution in [1.29, 1.82) is 0 Å². The van der Waals surface area contributed by atoms with Gasteiger partial charge in [-0.1, -0.05) is 12.1 Å². The van der Waals surface area contributed by atoms with Gasteiger partial charge in [-0.2, -0.15) is 0 Å². The third kappa shape index (κ3) is 4.81. The fourth-order valence-corrected chi connectivity index (χ4v) is 6.82. The molecule has 1 aromatic carbocycles. The van der Waals surface area contributed by atoms with E-state index in [2.05, 4.69) is 15.2 Å². The van der Waals surface area contributed by atoms with Gasteiger partial charge in [0.15, 0.2) is 6.04 Å². The second-order valence-electron chi connectivity index (χ2n) is 11.9. The van der Waals surface area contributed by atoms with E-state index in [1.54, 1.807) is 13.0 Å². The molecule has 4 fully saturated rings. The quantitative estimate of drug-likeness (QED) is 0.411. The van der Waals surface area contributed by atoms with Gasteiger partial charge in [0.2, 0.25) is 0 Å². The van der Waals surface area contributed by atoms with Crippen molar-refractivity contribution in [2.75, 3.05) is 40.8 Å². The van der Waals surface area contributed by atoms with Crippen LogP contribution in [0.25, 0.3) is 0 Å². The zero-order valence-electron chi connectivity index (χ0n) is 24.0. The van der Waals surface area contributed by atoms with E-state index in [0.29, 0.717) is 36.8 Å². The lowest BCUT2D eigenvalue weighted by Gasteiger charge is -2.49. The molecule has 1 atom stereocenters. The molecule has 5 aliphatic rings. The third-order valence-electron chi connectivity index (χ3n) is 9.34.